The van der Waals surface area contributed by atoms with Crippen LogP contribution in [0.15, 0.2) is 0 Å². The van der Waals surface area contributed by atoms with Gasteiger partial charge in [0.2, 0.25) is 0 Å². The average molecular weight is 319 g/mol. The van der Waals surface area contributed by atoms with Crippen LogP contribution in [0.1, 0.15) is 12.8 Å². The SMILES string of the molecule is NCCCNCCNCCCN.[Co].[N-]=[N+]=N.[N-]=[N+]=N. The molecule has 0 heterocycles. The van der Waals surface area contributed by atoms with Crippen LogP contribution < -0.4 is 22.1 Å². The van der Waals surface area contributed by atoms with Crippen LogP contribution in [-0.2, 0) is 16.8 Å². The van der Waals surface area contributed by atoms with Gasteiger partial charge in [0.15, 0.2) is 0 Å². The molecule has 115 valence electrons. The summed E-state index contributed by atoms with van der Waals surface area (Å²) in [7, 11) is 0. The van der Waals surface area contributed by atoms with Crippen LogP contribution in [0.3, 0.4) is 0 Å². The molecule has 0 aromatic carbocycles. The van der Waals surface area contributed by atoms with Crippen molar-refractivity contribution in [1.82, 2.24) is 10.6 Å². The molecule has 0 rings (SSSR count). The Labute approximate surface area is 123 Å². The van der Waals surface area contributed by atoms with Crippen molar-refractivity contribution >= 4 is 0 Å². The summed E-state index contributed by atoms with van der Waals surface area (Å²) in [4.78, 5) is 3.50. The van der Waals surface area contributed by atoms with Crippen LogP contribution in [0.4, 0.5) is 0 Å². The molecule has 8 N–H and O–H groups in total. The Bertz CT molecular complexity index is 178. The first-order chi connectivity index (χ1) is 8.74. The van der Waals surface area contributed by atoms with Gasteiger partial charge in [0, 0.05) is 29.9 Å². The molecule has 0 unspecified atom stereocenters. The molecule has 1 radical (unpaired) electrons. The van der Waals surface area contributed by atoms with Crippen molar-refractivity contribution < 1.29 is 16.8 Å². The Hall–Kier alpha value is -1.03. The fourth-order valence-corrected chi connectivity index (χ4v) is 0.881. The first-order valence-electron chi connectivity index (χ1n) is 5.58. The van der Waals surface area contributed by atoms with Gasteiger partial charge in [-0.2, -0.15) is 0 Å². The second-order valence-corrected chi connectivity index (χ2v) is 2.98. The van der Waals surface area contributed by atoms with Crippen molar-refractivity contribution in [1.29, 1.82) is 11.1 Å². The van der Waals surface area contributed by atoms with Gasteiger partial charge in [-0.25, -0.2) is 0 Å². The number of nitrogens with one attached hydrogen (secondary N) is 4. The normalized spacial score (nSPS) is 7.47. The maximum Gasteiger partial charge on any atom is 0.00767 e. The average Bonchev–Trinajstić information content (AvgIpc) is 2.35. The van der Waals surface area contributed by atoms with Crippen LogP contribution in [-0.4, -0.2) is 39.3 Å². The maximum atomic E-state index is 6.86. The molecular formula is C8H24CoN10. The van der Waals surface area contributed by atoms with Gasteiger partial charge in [-0.3, -0.25) is 0 Å². The van der Waals surface area contributed by atoms with E-state index in [-0.39, 0.29) is 16.8 Å². The zero-order valence-electron chi connectivity index (χ0n) is 10.9. The largest absolute Gasteiger partial charge is 0.330 e. The van der Waals surface area contributed by atoms with Crippen molar-refractivity contribution in [3.63, 3.8) is 0 Å². The van der Waals surface area contributed by atoms with Crippen LogP contribution >= 0.6 is 0 Å². The first kappa shape index (κ1) is 26.5. The summed E-state index contributed by atoms with van der Waals surface area (Å²) < 4.78 is 0. The van der Waals surface area contributed by atoms with E-state index in [1.54, 1.807) is 9.82 Å². The monoisotopic (exact) mass is 319 g/mol. The first-order valence-corrected chi connectivity index (χ1v) is 5.58. The van der Waals surface area contributed by atoms with Crippen molar-refractivity contribution in [2.75, 3.05) is 39.3 Å². The minimum atomic E-state index is 0. The van der Waals surface area contributed by atoms with E-state index in [2.05, 4.69) is 10.6 Å². The molecule has 0 aliphatic rings. The minimum Gasteiger partial charge on any atom is -0.330 e. The van der Waals surface area contributed by atoms with Crippen molar-refractivity contribution in [2.45, 2.75) is 12.8 Å². The van der Waals surface area contributed by atoms with Gasteiger partial charge in [-0.05, 0) is 59.9 Å². The molecule has 0 spiro atoms. The van der Waals surface area contributed by atoms with Crippen LogP contribution in [0.5, 0.6) is 0 Å². The summed E-state index contributed by atoms with van der Waals surface area (Å²) in [5.74, 6) is 0. The zero-order chi connectivity index (χ0) is 14.5. The molecule has 0 aliphatic carbocycles. The molecule has 0 aliphatic heterocycles. The van der Waals surface area contributed by atoms with E-state index in [0.29, 0.717) is 0 Å². The van der Waals surface area contributed by atoms with E-state index in [0.717, 1.165) is 52.1 Å². The molecule has 0 saturated carbocycles. The van der Waals surface area contributed by atoms with E-state index in [1.807, 2.05) is 0 Å². The Morgan fingerprint density at radius 3 is 1.26 bits per heavy atom. The topological polar surface area (TPSA) is 197 Å². The van der Waals surface area contributed by atoms with Gasteiger partial charge in [0.05, 0.1) is 0 Å². The molecular weight excluding hydrogens is 295 g/mol. The Morgan fingerprint density at radius 1 is 0.789 bits per heavy atom. The summed E-state index contributed by atoms with van der Waals surface area (Å²) in [6.45, 7) is 5.63. The van der Waals surface area contributed by atoms with Crippen LogP contribution in [0.2, 0.25) is 0 Å². The third kappa shape index (κ3) is 59.9. The predicted molar refractivity (Wildman–Crippen MR) is 72.0 cm³/mol. The standard InChI is InChI=1S/C8H22N4.Co.2HN3/c9-3-1-5-11-7-8-12-6-2-4-10;;2*1-3-2/h11-12H,1-10H2;;2*1H. The molecule has 0 amide bonds. The fourth-order valence-electron chi connectivity index (χ4n) is 0.881. The molecule has 0 aromatic heterocycles. The molecule has 0 saturated heterocycles. The molecule has 0 fully saturated rings. The second kappa shape index (κ2) is 36.0. The Morgan fingerprint density at radius 2 is 1.05 bits per heavy atom. The number of nitrogens with zero attached hydrogens (tertiary/aromatic N) is 4. The summed E-state index contributed by atoms with van der Waals surface area (Å²) in [5.41, 5.74) is 35.2. The van der Waals surface area contributed by atoms with Gasteiger partial charge in [-0.1, -0.05) is 0 Å². The molecule has 19 heavy (non-hydrogen) atoms. The second-order valence-electron chi connectivity index (χ2n) is 2.98. The van der Waals surface area contributed by atoms with Crippen LogP contribution in [0.25, 0.3) is 20.9 Å². The van der Waals surface area contributed by atoms with Gasteiger partial charge >= 0.3 is 0 Å². The number of nitrogens with two attached hydrogens (primary N) is 2. The van der Waals surface area contributed by atoms with Crippen molar-refractivity contribution in [3.8, 4) is 0 Å². The number of hydrogen-bond donors (Lipinski definition) is 6. The van der Waals surface area contributed by atoms with E-state index in [4.69, 9.17) is 33.6 Å². The Kier molecular flexibility index (Phi) is 50.2. The predicted octanol–water partition coefficient (Wildman–Crippen LogP) is 0.612. The van der Waals surface area contributed by atoms with Gasteiger partial charge in [0.1, 0.15) is 0 Å². The third-order valence-corrected chi connectivity index (χ3v) is 1.59. The molecule has 0 bridgehead atoms. The molecule has 0 atom stereocenters. The summed E-state index contributed by atoms with van der Waals surface area (Å²) in [5, 5.41) is 6.58. The maximum absolute atomic E-state index is 6.86. The molecule has 10 nitrogen and oxygen atoms in total. The van der Waals surface area contributed by atoms with E-state index >= 15 is 0 Å². The van der Waals surface area contributed by atoms with Gasteiger partial charge < -0.3 is 22.1 Å². The van der Waals surface area contributed by atoms with E-state index in [1.165, 1.54) is 0 Å². The van der Waals surface area contributed by atoms with Crippen molar-refractivity contribution in [3.05, 3.63) is 20.9 Å². The number of rotatable bonds is 9. The molecule has 11 heteroatoms. The van der Waals surface area contributed by atoms with Gasteiger partial charge in [-0.15, -0.1) is 11.1 Å². The molecule has 0 aromatic rings. The van der Waals surface area contributed by atoms with E-state index < -0.39 is 0 Å². The fraction of sp³-hybridized carbons (Fsp3) is 1.00. The smallest absolute Gasteiger partial charge is 0.00767 e. The quantitative estimate of drug-likeness (QED) is 0.157. The Balaban J connectivity index is -0.000000137. The third-order valence-electron chi connectivity index (χ3n) is 1.59. The van der Waals surface area contributed by atoms with Crippen LogP contribution in [0, 0.1) is 11.1 Å². The van der Waals surface area contributed by atoms with Gasteiger partial charge in [0.25, 0.3) is 0 Å². The summed E-state index contributed by atoms with van der Waals surface area (Å²) in [6, 6.07) is 0. The van der Waals surface area contributed by atoms with Crippen molar-refractivity contribution in [2.24, 2.45) is 11.5 Å². The summed E-state index contributed by atoms with van der Waals surface area (Å²) >= 11 is 0. The summed E-state index contributed by atoms with van der Waals surface area (Å²) in [6.07, 6.45) is 2.12. The number of hydrogen-bond acceptors (Lipinski definition) is 6. The minimum absolute atomic E-state index is 0. The van der Waals surface area contributed by atoms with E-state index in [9.17, 15) is 0 Å². The zero-order valence-corrected chi connectivity index (χ0v) is 12.0.